The quantitative estimate of drug-likeness (QED) is 0.853. The van der Waals surface area contributed by atoms with Gasteiger partial charge in [-0.2, -0.15) is 5.26 Å². The van der Waals surface area contributed by atoms with E-state index in [-0.39, 0.29) is 12.3 Å². The molecule has 1 saturated carbocycles. The topological polar surface area (TPSA) is 73.1 Å². The maximum atomic E-state index is 11.7. The lowest BCUT2D eigenvalue weighted by Gasteiger charge is -2.34. The molecule has 0 atom stereocenters. The van der Waals surface area contributed by atoms with E-state index in [1.807, 2.05) is 6.07 Å². The number of carbonyl (C=O) groups excluding carboxylic acids is 1. The summed E-state index contributed by atoms with van der Waals surface area (Å²) in [6.45, 7) is 2.88. The first-order valence-corrected chi connectivity index (χ1v) is 8.82. The van der Waals surface area contributed by atoms with Crippen molar-refractivity contribution in [2.75, 3.05) is 31.1 Å². The maximum Gasteiger partial charge on any atom is 0.236 e. The van der Waals surface area contributed by atoms with Gasteiger partial charge in [0, 0.05) is 32.1 Å². The molecule has 2 fully saturated rings. The first-order valence-electron chi connectivity index (χ1n) is 8.01. The van der Waals surface area contributed by atoms with Crippen molar-refractivity contribution in [1.29, 1.82) is 5.26 Å². The number of amides is 1. The molecule has 2 heterocycles. The molecule has 2 aliphatic rings. The average Bonchev–Trinajstić information content (AvgIpc) is 3.06. The summed E-state index contributed by atoms with van der Waals surface area (Å²) in [7, 11) is 0. The predicted octanol–water partition coefficient (Wildman–Crippen LogP) is 2.15. The normalized spacial score (nSPS) is 20.0. The van der Waals surface area contributed by atoms with Crippen molar-refractivity contribution < 1.29 is 4.79 Å². The Balaban J connectivity index is 1.56. The molecule has 0 unspecified atom stereocenters. The van der Waals surface area contributed by atoms with Crippen LogP contribution in [-0.2, 0) is 4.79 Å². The molecule has 0 N–H and O–H groups in total. The van der Waals surface area contributed by atoms with Crippen molar-refractivity contribution in [2.24, 2.45) is 0 Å². The molecule has 0 aromatic carbocycles. The number of hydrogen-bond acceptors (Lipinski definition) is 6. The Morgan fingerprint density at radius 3 is 2.59 bits per heavy atom. The summed E-state index contributed by atoms with van der Waals surface area (Å²) in [5, 5.41) is 19.5. The molecule has 1 aliphatic heterocycles. The standard InChI is InChI=1S/C15H21N5OS/c16-7-6-13(21)19-8-10-20(11-9-19)15-18-17-14(22-15)12-4-2-1-3-5-12/h12H,1-6,8-11H2. The van der Waals surface area contributed by atoms with Gasteiger partial charge in [-0.05, 0) is 12.8 Å². The van der Waals surface area contributed by atoms with Gasteiger partial charge in [-0.25, -0.2) is 0 Å². The van der Waals surface area contributed by atoms with Crippen LogP contribution in [-0.4, -0.2) is 47.2 Å². The van der Waals surface area contributed by atoms with Crippen LogP contribution in [0.3, 0.4) is 0 Å². The van der Waals surface area contributed by atoms with Crippen LogP contribution in [0.15, 0.2) is 0 Å². The van der Waals surface area contributed by atoms with Crippen molar-refractivity contribution >= 4 is 22.4 Å². The van der Waals surface area contributed by atoms with Crippen LogP contribution in [0.25, 0.3) is 0 Å². The Bertz CT molecular complexity index is 553. The Morgan fingerprint density at radius 1 is 1.18 bits per heavy atom. The number of hydrogen-bond donors (Lipinski definition) is 0. The van der Waals surface area contributed by atoms with E-state index in [0.29, 0.717) is 19.0 Å². The van der Waals surface area contributed by atoms with Gasteiger partial charge in [-0.1, -0.05) is 30.6 Å². The summed E-state index contributed by atoms with van der Waals surface area (Å²) in [6, 6.07) is 1.92. The number of nitriles is 1. The first kappa shape index (κ1) is 15.2. The van der Waals surface area contributed by atoms with Gasteiger partial charge in [0.2, 0.25) is 11.0 Å². The molecule has 0 bridgehead atoms. The van der Waals surface area contributed by atoms with Gasteiger partial charge in [0.15, 0.2) is 0 Å². The fourth-order valence-corrected chi connectivity index (χ4v) is 4.26. The first-order chi connectivity index (χ1) is 10.8. The summed E-state index contributed by atoms with van der Waals surface area (Å²) in [6.07, 6.45) is 6.42. The third-order valence-electron chi connectivity index (χ3n) is 4.52. The molecule has 6 nitrogen and oxygen atoms in total. The van der Waals surface area contributed by atoms with Crippen LogP contribution in [0.2, 0.25) is 0 Å². The largest absolute Gasteiger partial charge is 0.343 e. The maximum absolute atomic E-state index is 11.7. The molecular formula is C15H21N5OS. The van der Waals surface area contributed by atoms with Crippen molar-refractivity contribution in [3.05, 3.63) is 5.01 Å². The van der Waals surface area contributed by atoms with Crippen molar-refractivity contribution in [3.63, 3.8) is 0 Å². The fraction of sp³-hybridized carbons (Fsp3) is 0.733. The lowest BCUT2D eigenvalue weighted by molar-refractivity contribution is -0.130. The Kier molecular flexibility index (Phi) is 4.88. The minimum Gasteiger partial charge on any atom is -0.343 e. The van der Waals surface area contributed by atoms with Gasteiger partial charge in [-0.15, -0.1) is 10.2 Å². The summed E-state index contributed by atoms with van der Waals surface area (Å²) in [4.78, 5) is 15.7. The van der Waals surface area contributed by atoms with Crippen LogP contribution in [0.4, 0.5) is 5.13 Å². The highest BCUT2D eigenvalue weighted by Gasteiger charge is 2.25. The van der Waals surface area contributed by atoms with E-state index in [1.165, 1.54) is 37.1 Å². The molecule has 0 spiro atoms. The molecule has 1 saturated heterocycles. The van der Waals surface area contributed by atoms with Crippen molar-refractivity contribution in [2.45, 2.75) is 44.4 Å². The number of aromatic nitrogens is 2. The molecule has 7 heteroatoms. The van der Waals surface area contributed by atoms with Crippen LogP contribution >= 0.6 is 11.3 Å². The minimum absolute atomic E-state index is 0.0232. The number of nitrogens with zero attached hydrogens (tertiary/aromatic N) is 5. The third-order valence-corrected chi connectivity index (χ3v) is 5.66. The molecule has 118 valence electrons. The molecule has 1 amide bonds. The second-order valence-electron chi connectivity index (χ2n) is 5.96. The molecule has 3 rings (SSSR count). The highest BCUT2D eigenvalue weighted by Crippen LogP contribution is 2.36. The molecule has 22 heavy (non-hydrogen) atoms. The predicted molar refractivity (Wildman–Crippen MR) is 84.8 cm³/mol. The van der Waals surface area contributed by atoms with Crippen LogP contribution in [0, 0.1) is 11.3 Å². The zero-order valence-corrected chi connectivity index (χ0v) is 13.5. The lowest BCUT2D eigenvalue weighted by Crippen LogP contribution is -2.48. The smallest absolute Gasteiger partial charge is 0.236 e. The Labute approximate surface area is 134 Å². The minimum atomic E-state index is -0.0673. The molecule has 1 aromatic heterocycles. The van der Waals surface area contributed by atoms with E-state index in [1.54, 1.807) is 16.2 Å². The van der Waals surface area contributed by atoms with Gasteiger partial charge < -0.3 is 9.80 Å². The summed E-state index contributed by atoms with van der Waals surface area (Å²) >= 11 is 1.71. The van der Waals surface area contributed by atoms with Gasteiger partial charge in [0.25, 0.3) is 0 Å². The van der Waals surface area contributed by atoms with Crippen LogP contribution in [0.1, 0.15) is 49.5 Å². The lowest BCUT2D eigenvalue weighted by atomic mass is 9.90. The van der Waals surface area contributed by atoms with E-state index in [9.17, 15) is 4.79 Å². The highest BCUT2D eigenvalue weighted by atomic mass is 32.1. The van der Waals surface area contributed by atoms with Gasteiger partial charge in [-0.3, -0.25) is 4.79 Å². The number of rotatable bonds is 3. The number of anilines is 1. The average molecular weight is 319 g/mol. The Morgan fingerprint density at radius 2 is 1.91 bits per heavy atom. The van der Waals surface area contributed by atoms with Gasteiger partial charge >= 0.3 is 0 Å². The molecular weight excluding hydrogens is 298 g/mol. The molecule has 1 aliphatic carbocycles. The van der Waals surface area contributed by atoms with E-state index in [4.69, 9.17) is 5.26 Å². The number of carbonyl (C=O) groups is 1. The van der Waals surface area contributed by atoms with Crippen LogP contribution < -0.4 is 4.90 Å². The monoisotopic (exact) mass is 319 g/mol. The van der Waals surface area contributed by atoms with Crippen LogP contribution in [0.5, 0.6) is 0 Å². The zero-order chi connectivity index (χ0) is 15.4. The van der Waals surface area contributed by atoms with E-state index >= 15 is 0 Å². The van der Waals surface area contributed by atoms with E-state index in [0.717, 1.165) is 18.2 Å². The zero-order valence-electron chi connectivity index (χ0n) is 12.7. The SMILES string of the molecule is N#CCC(=O)N1CCN(c2nnc(C3CCCCC3)s2)CC1. The Hall–Kier alpha value is -1.68. The van der Waals surface area contributed by atoms with Gasteiger partial charge in [0.05, 0.1) is 6.07 Å². The number of piperazine rings is 1. The third kappa shape index (κ3) is 3.38. The van der Waals surface area contributed by atoms with E-state index in [2.05, 4.69) is 15.1 Å². The van der Waals surface area contributed by atoms with E-state index < -0.39 is 0 Å². The summed E-state index contributed by atoms with van der Waals surface area (Å²) in [5.74, 6) is 0.529. The molecule has 1 aromatic rings. The van der Waals surface area contributed by atoms with Crippen molar-refractivity contribution in [1.82, 2.24) is 15.1 Å². The second-order valence-corrected chi connectivity index (χ2v) is 6.95. The highest BCUT2D eigenvalue weighted by molar-refractivity contribution is 7.15. The fourth-order valence-electron chi connectivity index (χ4n) is 3.20. The van der Waals surface area contributed by atoms with Gasteiger partial charge in [0.1, 0.15) is 11.4 Å². The summed E-state index contributed by atoms with van der Waals surface area (Å²) in [5.41, 5.74) is 0. The second kappa shape index (κ2) is 7.05. The van der Waals surface area contributed by atoms with Crippen molar-refractivity contribution in [3.8, 4) is 6.07 Å². The summed E-state index contributed by atoms with van der Waals surface area (Å²) < 4.78 is 0. The molecule has 0 radical (unpaired) electrons.